The van der Waals surface area contributed by atoms with Crippen molar-refractivity contribution in [2.75, 3.05) is 0 Å². The topological polar surface area (TPSA) is 0 Å². The van der Waals surface area contributed by atoms with Crippen LogP contribution in [0.4, 0.5) is 0 Å². The predicted octanol–water partition coefficient (Wildman–Crippen LogP) is 7.96. The van der Waals surface area contributed by atoms with E-state index in [4.69, 9.17) is 0 Å². The number of hydrogen-bond acceptors (Lipinski definition) is 0. The third-order valence-corrected chi connectivity index (χ3v) is 4.91. The van der Waals surface area contributed by atoms with Gasteiger partial charge in [0.1, 0.15) is 0 Å². The minimum absolute atomic E-state index is 0.640. The lowest BCUT2D eigenvalue weighted by atomic mass is 9.85. The lowest BCUT2D eigenvalue weighted by Gasteiger charge is -2.20. The first-order valence-corrected chi connectivity index (χ1v) is 10.0. The molecule has 0 N–H and O–H groups in total. The first-order chi connectivity index (χ1) is 10.2. The van der Waals surface area contributed by atoms with Gasteiger partial charge in [-0.15, -0.1) is 0 Å². The fourth-order valence-electron chi connectivity index (χ4n) is 3.26. The van der Waals surface area contributed by atoms with Gasteiger partial charge in [0.2, 0.25) is 0 Å². The predicted molar refractivity (Wildman–Crippen MR) is 98.6 cm³/mol. The maximum absolute atomic E-state index is 4.30. The maximum atomic E-state index is 4.30. The molecule has 0 saturated carbocycles. The van der Waals surface area contributed by atoms with Gasteiger partial charge in [-0.2, -0.15) is 0 Å². The molecule has 0 aliphatic carbocycles. The molecule has 2 unspecified atom stereocenters. The summed E-state index contributed by atoms with van der Waals surface area (Å²) < 4.78 is 0. The molecule has 0 aromatic rings. The molecule has 0 fully saturated rings. The zero-order valence-corrected chi connectivity index (χ0v) is 15.5. The third kappa shape index (κ3) is 14.7. The minimum atomic E-state index is 0.640. The summed E-state index contributed by atoms with van der Waals surface area (Å²) in [6.45, 7) is 11.2. The Morgan fingerprint density at radius 2 is 0.905 bits per heavy atom. The van der Waals surface area contributed by atoms with Crippen LogP contribution in [0.2, 0.25) is 0 Å². The van der Waals surface area contributed by atoms with Crippen molar-refractivity contribution in [2.45, 2.75) is 117 Å². The van der Waals surface area contributed by atoms with Crippen molar-refractivity contribution in [3.8, 4) is 0 Å². The van der Waals surface area contributed by atoms with Crippen LogP contribution in [0.5, 0.6) is 0 Å². The van der Waals surface area contributed by atoms with Gasteiger partial charge in [-0.3, -0.25) is 0 Å². The Kier molecular flexibility index (Phi) is 16.4. The molecule has 0 aromatic carbocycles. The van der Waals surface area contributed by atoms with Gasteiger partial charge in [-0.25, -0.2) is 0 Å². The summed E-state index contributed by atoms with van der Waals surface area (Å²) in [5.41, 5.74) is 0. The second-order valence-corrected chi connectivity index (χ2v) is 7.20. The van der Waals surface area contributed by atoms with Gasteiger partial charge in [0.25, 0.3) is 0 Å². The highest BCUT2D eigenvalue weighted by atomic mass is 14.2. The van der Waals surface area contributed by atoms with Gasteiger partial charge in [0.15, 0.2) is 0 Å². The molecular weight excluding hydrogens is 252 g/mol. The van der Waals surface area contributed by atoms with Gasteiger partial charge >= 0.3 is 0 Å². The Hall–Kier alpha value is 0. The standard InChI is InChI=1S/C21H43/c1-5-7-9-11-12-13-15-17-19-21(20(3)4)18-16-14-10-8-6-2/h20-21H,3,5-19H2,1-2,4H3. The van der Waals surface area contributed by atoms with Crippen molar-refractivity contribution in [3.63, 3.8) is 0 Å². The normalized spacial score (nSPS) is 13.0. The van der Waals surface area contributed by atoms with Crippen LogP contribution in [0.25, 0.3) is 0 Å². The summed E-state index contributed by atoms with van der Waals surface area (Å²) in [6, 6.07) is 0. The molecule has 0 aromatic heterocycles. The van der Waals surface area contributed by atoms with Crippen LogP contribution in [0.15, 0.2) is 0 Å². The number of rotatable bonds is 16. The van der Waals surface area contributed by atoms with Gasteiger partial charge in [-0.1, -0.05) is 124 Å². The van der Waals surface area contributed by atoms with Crippen molar-refractivity contribution < 1.29 is 0 Å². The Morgan fingerprint density at radius 1 is 0.571 bits per heavy atom. The molecule has 0 nitrogen and oxygen atoms in total. The monoisotopic (exact) mass is 295 g/mol. The highest BCUT2D eigenvalue weighted by molar-refractivity contribution is 4.68. The third-order valence-electron chi connectivity index (χ3n) is 4.91. The van der Waals surface area contributed by atoms with Crippen LogP contribution in [-0.2, 0) is 0 Å². The van der Waals surface area contributed by atoms with Gasteiger partial charge in [0, 0.05) is 0 Å². The first kappa shape index (κ1) is 21.0. The molecule has 0 rings (SSSR count). The molecule has 0 spiro atoms. The Bertz CT molecular complexity index is 182. The van der Waals surface area contributed by atoms with E-state index in [0.717, 1.165) is 5.92 Å². The van der Waals surface area contributed by atoms with E-state index in [1.165, 1.54) is 96.3 Å². The summed E-state index contributed by atoms with van der Waals surface area (Å²) in [4.78, 5) is 0. The highest BCUT2D eigenvalue weighted by Crippen LogP contribution is 2.25. The van der Waals surface area contributed by atoms with Gasteiger partial charge in [0.05, 0.1) is 0 Å². The molecular formula is C21H43. The lowest BCUT2D eigenvalue weighted by molar-refractivity contribution is 0.335. The van der Waals surface area contributed by atoms with Crippen molar-refractivity contribution in [2.24, 2.45) is 11.8 Å². The molecule has 0 saturated heterocycles. The summed E-state index contributed by atoms with van der Waals surface area (Å²) in [5.74, 6) is 1.52. The van der Waals surface area contributed by atoms with E-state index >= 15 is 0 Å². The van der Waals surface area contributed by atoms with Crippen LogP contribution >= 0.6 is 0 Å². The maximum Gasteiger partial charge on any atom is -0.0388 e. The first-order valence-electron chi connectivity index (χ1n) is 10.0. The second kappa shape index (κ2) is 16.4. The van der Waals surface area contributed by atoms with Crippen LogP contribution in [0.1, 0.15) is 117 Å². The molecule has 21 heavy (non-hydrogen) atoms. The van der Waals surface area contributed by atoms with E-state index in [1.54, 1.807) is 0 Å². The van der Waals surface area contributed by atoms with E-state index in [1.807, 2.05) is 0 Å². The van der Waals surface area contributed by atoms with E-state index in [9.17, 15) is 0 Å². The molecule has 0 heteroatoms. The Labute approximate surface area is 136 Å². The van der Waals surface area contributed by atoms with Crippen molar-refractivity contribution >= 4 is 0 Å². The fourth-order valence-corrected chi connectivity index (χ4v) is 3.26. The molecule has 1 radical (unpaired) electrons. The van der Waals surface area contributed by atoms with Crippen molar-refractivity contribution in [1.82, 2.24) is 0 Å². The molecule has 0 amide bonds. The summed E-state index contributed by atoms with van der Waals surface area (Å²) in [5, 5.41) is 0. The van der Waals surface area contributed by atoms with Crippen LogP contribution in [-0.4, -0.2) is 0 Å². The fraction of sp³-hybridized carbons (Fsp3) is 0.952. The lowest BCUT2D eigenvalue weighted by Crippen LogP contribution is -2.09. The molecule has 0 bridgehead atoms. The average Bonchev–Trinajstić information content (AvgIpc) is 2.47. The van der Waals surface area contributed by atoms with E-state index in [-0.39, 0.29) is 0 Å². The molecule has 0 aliphatic rings. The largest absolute Gasteiger partial charge is 0.0654 e. The Balaban J connectivity index is 3.47. The molecule has 127 valence electrons. The quantitative estimate of drug-likeness (QED) is 0.253. The molecule has 0 aliphatic heterocycles. The summed E-state index contributed by atoms with van der Waals surface area (Å²) >= 11 is 0. The van der Waals surface area contributed by atoms with E-state index < -0.39 is 0 Å². The minimum Gasteiger partial charge on any atom is -0.0654 e. The number of hydrogen-bond donors (Lipinski definition) is 0. The second-order valence-electron chi connectivity index (χ2n) is 7.20. The average molecular weight is 296 g/mol. The SMILES string of the molecule is [CH2]C(C)C(CCCCCCC)CCCCCCCCCC. The van der Waals surface area contributed by atoms with Crippen LogP contribution in [0.3, 0.4) is 0 Å². The van der Waals surface area contributed by atoms with Gasteiger partial charge in [-0.05, 0) is 11.8 Å². The van der Waals surface area contributed by atoms with Crippen LogP contribution in [0, 0.1) is 18.8 Å². The zero-order valence-electron chi connectivity index (χ0n) is 15.5. The van der Waals surface area contributed by atoms with E-state index in [0.29, 0.717) is 5.92 Å². The van der Waals surface area contributed by atoms with E-state index in [2.05, 4.69) is 27.7 Å². The smallest absolute Gasteiger partial charge is 0.0388 e. The zero-order chi connectivity index (χ0) is 15.8. The molecule has 0 heterocycles. The van der Waals surface area contributed by atoms with Crippen molar-refractivity contribution in [1.29, 1.82) is 0 Å². The van der Waals surface area contributed by atoms with Gasteiger partial charge < -0.3 is 0 Å². The number of unbranched alkanes of at least 4 members (excludes halogenated alkanes) is 11. The summed E-state index contributed by atoms with van der Waals surface area (Å²) in [7, 11) is 0. The van der Waals surface area contributed by atoms with Crippen LogP contribution < -0.4 is 0 Å². The Morgan fingerprint density at radius 3 is 1.24 bits per heavy atom. The molecule has 2 atom stereocenters. The summed E-state index contributed by atoms with van der Waals surface area (Å²) in [6.07, 6.45) is 21.4. The van der Waals surface area contributed by atoms with Crippen molar-refractivity contribution in [3.05, 3.63) is 6.92 Å². The highest BCUT2D eigenvalue weighted by Gasteiger charge is 2.12.